The highest BCUT2D eigenvalue weighted by molar-refractivity contribution is 6.16. The van der Waals surface area contributed by atoms with Gasteiger partial charge in [-0.3, -0.25) is 10.6 Å². The summed E-state index contributed by atoms with van der Waals surface area (Å²) in [7, 11) is 3.32. The van der Waals surface area contributed by atoms with Gasteiger partial charge in [0, 0.05) is 11.3 Å². The minimum Gasteiger partial charge on any atom is -0.412 e. The molecule has 3 N–H and O–H groups in total. The lowest BCUT2D eigenvalue weighted by Gasteiger charge is -2.21. The molecule has 0 atom stereocenters. The Morgan fingerprint density at radius 2 is 1.73 bits per heavy atom. The van der Waals surface area contributed by atoms with Crippen LogP contribution in [0.2, 0.25) is 0 Å². The fourth-order valence-electron chi connectivity index (χ4n) is 1.56. The van der Waals surface area contributed by atoms with Crippen LogP contribution in [0, 0.1) is 0 Å². The van der Waals surface area contributed by atoms with Gasteiger partial charge in [-0.15, -0.1) is 0 Å². The average Bonchev–Trinajstić information content (AvgIpc) is 2.29. The molecule has 0 aliphatic rings. The first-order chi connectivity index (χ1) is 7.33. The quantitative estimate of drug-likeness (QED) is 0.501. The van der Waals surface area contributed by atoms with E-state index < -0.39 is 0 Å². The van der Waals surface area contributed by atoms with Crippen LogP contribution in [0.1, 0.15) is 25.6 Å². The van der Waals surface area contributed by atoms with Crippen molar-refractivity contribution in [3.05, 3.63) is 29.8 Å². The molecule has 0 bridgehead atoms. The van der Waals surface area contributed by atoms with E-state index in [-0.39, 0.29) is 6.17 Å². The van der Waals surface area contributed by atoms with Gasteiger partial charge in [-0.1, -0.05) is 32.0 Å². The molecule has 1 rings (SSSR count). The maximum absolute atomic E-state index is 3.40. The molecule has 4 heteroatoms. The van der Waals surface area contributed by atoms with E-state index in [1.54, 1.807) is 0 Å². The second-order valence-corrected chi connectivity index (χ2v) is 3.51. The smallest absolute Gasteiger partial charge is 0.186 e. The zero-order valence-electron chi connectivity index (χ0n) is 9.30. The third-order valence-electron chi connectivity index (χ3n) is 2.22. The van der Waals surface area contributed by atoms with Gasteiger partial charge in [0.05, 0.1) is 6.17 Å². The SMILES string of the molecule is CCNC(NCC)c1ccccc1N[Si]. The van der Waals surface area contributed by atoms with Crippen LogP contribution in [0.4, 0.5) is 5.69 Å². The summed E-state index contributed by atoms with van der Waals surface area (Å²) < 4.78 is 0. The fraction of sp³-hybridized carbons (Fsp3) is 0.455. The average molecular weight is 220 g/mol. The summed E-state index contributed by atoms with van der Waals surface area (Å²) in [6.45, 7) is 6.09. The molecule has 0 heterocycles. The second-order valence-electron chi connectivity index (χ2n) is 3.26. The molecule has 0 fully saturated rings. The molecule has 81 valence electrons. The molecular formula is C11H18N3Si. The zero-order chi connectivity index (χ0) is 11.1. The summed E-state index contributed by atoms with van der Waals surface area (Å²) >= 11 is 0. The molecule has 0 amide bonds. The van der Waals surface area contributed by atoms with Gasteiger partial charge in [-0.25, -0.2) is 0 Å². The summed E-state index contributed by atoms with van der Waals surface area (Å²) in [5.41, 5.74) is 2.30. The van der Waals surface area contributed by atoms with Crippen LogP contribution >= 0.6 is 0 Å². The van der Waals surface area contributed by atoms with E-state index in [9.17, 15) is 0 Å². The molecular weight excluding hydrogens is 202 g/mol. The highest BCUT2D eigenvalue weighted by Gasteiger charge is 2.11. The maximum atomic E-state index is 3.40. The maximum Gasteiger partial charge on any atom is 0.186 e. The van der Waals surface area contributed by atoms with Gasteiger partial charge >= 0.3 is 0 Å². The van der Waals surface area contributed by atoms with E-state index in [2.05, 4.69) is 45.9 Å². The Balaban J connectivity index is 2.88. The molecule has 0 aliphatic carbocycles. The van der Waals surface area contributed by atoms with Gasteiger partial charge in [-0.2, -0.15) is 0 Å². The third-order valence-corrected chi connectivity index (χ3v) is 2.49. The van der Waals surface area contributed by atoms with Crippen molar-refractivity contribution in [2.24, 2.45) is 0 Å². The predicted molar refractivity (Wildman–Crippen MR) is 65.9 cm³/mol. The van der Waals surface area contributed by atoms with E-state index in [1.807, 2.05) is 18.2 Å². The number of rotatable bonds is 6. The zero-order valence-corrected chi connectivity index (χ0v) is 10.3. The minimum atomic E-state index is 0.194. The lowest BCUT2D eigenvalue weighted by Crippen LogP contribution is -2.34. The molecule has 0 saturated carbocycles. The van der Waals surface area contributed by atoms with Crippen LogP contribution in [-0.4, -0.2) is 23.5 Å². The molecule has 3 nitrogen and oxygen atoms in total. The Bertz CT molecular complexity index is 285. The minimum absolute atomic E-state index is 0.194. The van der Waals surface area contributed by atoms with Crippen molar-refractivity contribution in [3.8, 4) is 0 Å². The molecule has 1 aromatic rings. The van der Waals surface area contributed by atoms with E-state index >= 15 is 0 Å². The number of hydrogen-bond acceptors (Lipinski definition) is 3. The lowest BCUT2D eigenvalue weighted by atomic mass is 10.1. The van der Waals surface area contributed by atoms with Crippen LogP contribution in [-0.2, 0) is 0 Å². The summed E-state index contributed by atoms with van der Waals surface area (Å²) in [6, 6.07) is 8.22. The Morgan fingerprint density at radius 1 is 1.13 bits per heavy atom. The summed E-state index contributed by atoms with van der Waals surface area (Å²) in [4.78, 5) is 3.02. The first-order valence-corrected chi connectivity index (χ1v) is 5.81. The van der Waals surface area contributed by atoms with Crippen LogP contribution in [0.3, 0.4) is 0 Å². The lowest BCUT2D eigenvalue weighted by molar-refractivity contribution is 0.463. The Morgan fingerprint density at radius 3 is 2.27 bits per heavy atom. The summed E-state index contributed by atoms with van der Waals surface area (Å²) in [6.07, 6.45) is 0.194. The van der Waals surface area contributed by atoms with Gasteiger partial charge in [0.1, 0.15) is 0 Å². The normalized spacial score (nSPS) is 10.7. The molecule has 0 unspecified atom stereocenters. The van der Waals surface area contributed by atoms with Gasteiger partial charge in [0.25, 0.3) is 0 Å². The number of para-hydroxylation sites is 1. The molecule has 3 radical (unpaired) electrons. The molecule has 0 saturated heterocycles. The first-order valence-electron chi connectivity index (χ1n) is 5.31. The Kier molecular flexibility index (Phi) is 5.38. The van der Waals surface area contributed by atoms with Crippen molar-refractivity contribution in [1.29, 1.82) is 0 Å². The van der Waals surface area contributed by atoms with Crippen molar-refractivity contribution in [3.63, 3.8) is 0 Å². The van der Waals surface area contributed by atoms with Crippen LogP contribution in [0.5, 0.6) is 0 Å². The predicted octanol–water partition coefficient (Wildman–Crippen LogP) is 1.40. The largest absolute Gasteiger partial charge is 0.412 e. The number of anilines is 1. The van der Waals surface area contributed by atoms with Crippen molar-refractivity contribution in [2.75, 3.05) is 18.1 Å². The monoisotopic (exact) mass is 220 g/mol. The fourth-order valence-corrected chi connectivity index (χ4v) is 1.79. The number of benzene rings is 1. The number of nitrogens with one attached hydrogen (secondary N) is 3. The second kappa shape index (κ2) is 6.61. The van der Waals surface area contributed by atoms with Crippen LogP contribution in [0.25, 0.3) is 0 Å². The van der Waals surface area contributed by atoms with Crippen molar-refractivity contribution in [2.45, 2.75) is 20.0 Å². The van der Waals surface area contributed by atoms with Gasteiger partial charge in [0.2, 0.25) is 0 Å². The first kappa shape index (κ1) is 12.2. The summed E-state index contributed by atoms with van der Waals surface area (Å²) in [5, 5.41) is 6.80. The highest BCUT2D eigenvalue weighted by Crippen LogP contribution is 2.20. The van der Waals surface area contributed by atoms with Crippen molar-refractivity contribution < 1.29 is 0 Å². The standard InChI is InChI=1S/C11H18N3Si/c1-3-12-11(13-4-2)9-7-5-6-8-10(9)14-15/h5-8,11-14H,3-4H2,1-2H3. The third kappa shape index (κ3) is 3.34. The summed E-state index contributed by atoms with van der Waals surface area (Å²) in [5.74, 6) is 0. The molecule has 1 aromatic carbocycles. The van der Waals surface area contributed by atoms with Crippen LogP contribution in [0.15, 0.2) is 24.3 Å². The van der Waals surface area contributed by atoms with E-state index in [4.69, 9.17) is 0 Å². The highest BCUT2D eigenvalue weighted by atomic mass is 28.2. The molecule has 15 heavy (non-hydrogen) atoms. The van der Waals surface area contributed by atoms with E-state index in [1.165, 1.54) is 5.56 Å². The van der Waals surface area contributed by atoms with E-state index in [0.717, 1.165) is 18.8 Å². The van der Waals surface area contributed by atoms with Gasteiger partial charge < -0.3 is 4.98 Å². The van der Waals surface area contributed by atoms with Crippen LogP contribution < -0.4 is 15.6 Å². The molecule has 0 aromatic heterocycles. The Labute approximate surface area is 95.2 Å². The van der Waals surface area contributed by atoms with Gasteiger partial charge in [0.15, 0.2) is 10.4 Å². The number of hydrogen-bond donors (Lipinski definition) is 3. The van der Waals surface area contributed by atoms with Gasteiger partial charge in [-0.05, 0) is 19.2 Å². The Hall–Kier alpha value is -0.843. The molecule has 0 spiro atoms. The van der Waals surface area contributed by atoms with E-state index in [0.29, 0.717) is 0 Å². The molecule has 0 aliphatic heterocycles. The van der Waals surface area contributed by atoms with Crippen molar-refractivity contribution in [1.82, 2.24) is 10.6 Å². The topological polar surface area (TPSA) is 36.1 Å². The van der Waals surface area contributed by atoms with Crippen molar-refractivity contribution >= 4 is 16.1 Å².